The molecule has 2 saturated heterocycles. The lowest BCUT2D eigenvalue weighted by Gasteiger charge is -2.42. The van der Waals surface area contributed by atoms with Crippen LogP contribution in [-0.4, -0.2) is 49.9 Å². The summed E-state index contributed by atoms with van der Waals surface area (Å²) in [4.78, 5) is 4.49. The van der Waals surface area contributed by atoms with Gasteiger partial charge in [0.15, 0.2) is 7.98 Å². The Morgan fingerprint density at radius 2 is 2.00 bits per heavy atom. The fourth-order valence-electron chi connectivity index (χ4n) is 2.63. The number of hydrogen-bond acceptors (Lipinski definition) is 2. The third-order valence-electron chi connectivity index (χ3n) is 3.56. The monoisotopic (exact) mass is 164 g/mol. The Bertz CT molecular complexity index is 170. The highest BCUT2D eigenvalue weighted by molar-refractivity contribution is 6.04. The van der Waals surface area contributed by atoms with Gasteiger partial charge in [-0.05, 0) is 39.4 Å². The van der Waals surface area contributed by atoms with Crippen LogP contribution in [-0.2, 0) is 0 Å². The van der Waals surface area contributed by atoms with Crippen molar-refractivity contribution in [3.63, 3.8) is 0 Å². The van der Waals surface area contributed by atoms with Crippen LogP contribution in [0.3, 0.4) is 0 Å². The van der Waals surface area contributed by atoms with Gasteiger partial charge in [-0.15, -0.1) is 0 Å². The first kappa shape index (κ1) is 8.58. The summed E-state index contributed by atoms with van der Waals surface area (Å²) in [6.07, 6.45) is 5.36. The third kappa shape index (κ3) is 1.29. The first-order chi connectivity index (χ1) is 5.73. The Balaban J connectivity index is 2.07. The minimum Gasteiger partial charge on any atom is -0.352 e. The van der Waals surface area contributed by atoms with Gasteiger partial charge in [0.1, 0.15) is 0 Å². The number of piperidine rings is 1. The van der Waals surface area contributed by atoms with Gasteiger partial charge in [-0.3, -0.25) is 4.90 Å². The number of hydrogen-bond donors (Lipinski definition) is 0. The van der Waals surface area contributed by atoms with Crippen molar-refractivity contribution in [3.8, 4) is 0 Å². The van der Waals surface area contributed by atoms with E-state index in [1.54, 1.807) is 0 Å². The molecule has 0 amide bonds. The zero-order chi connectivity index (χ0) is 8.60. The van der Waals surface area contributed by atoms with Crippen LogP contribution in [0.2, 0.25) is 0 Å². The molecule has 0 aliphatic carbocycles. The van der Waals surface area contributed by atoms with Gasteiger partial charge in [0.25, 0.3) is 0 Å². The van der Waals surface area contributed by atoms with E-state index in [9.17, 15) is 0 Å². The zero-order valence-corrected chi connectivity index (χ0v) is 7.92. The van der Waals surface area contributed by atoms with Crippen molar-refractivity contribution in [2.75, 3.05) is 26.7 Å². The molecule has 2 fully saturated rings. The second-order valence-corrected chi connectivity index (χ2v) is 4.32. The summed E-state index contributed by atoms with van der Waals surface area (Å²) in [5.41, 5.74) is 0.437. The predicted molar refractivity (Wildman–Crippen MR) is 51.2 cm³/mol. The summed E-state index contributed by atoms with van der Waals surface area (Å²) in [6.45, 7) is 3.40. The van der Waals surface area contributed by atoms with Gasteiger partial charge in [0.05, 0.1) is 0 Å². The largest absolute Gasteiger partial charge is 0.352 e. The Hall–Kier alpha value is -0.0151. The molecule has 1 unspecified atom stereocenters. The topological polar surface area (TPSA) is 6.48 Å². The third-order valence-corrected chi connectivity index (χ3v) is 3.56. The van der Waals surface area contributed by atoms with Crippen LogP contribution < -0.4 is 0 Å². The maximum absolute atomic E-state index is 5.81. The first-order valence-electron chi connectivity index (χ1n) is 4.94. The number of nitrogens with zero attached hydrogens (tertiary/aromatic N) is 2. The molecule has 0 aromatic heterocycles. The van der Waals surface area contributed by atoms with Crippen molar-refractivity contribution in [2.24, 2.45) is 0 Å². The van der Waals surface area contributed by atoms with E-state index < -0.39 is 0 Å². The Morgan fingerprint density at radius 1 is 1.17 bits per heavy atom. The maximum Gasteiger partial charge on any atom is 0.182 e. The van der Waals surface area contributed by atoms with Crippen molar-refractivity contribution in [2.45, 2.75) is 31.2 Å². The molecule has 0 aromatic carbocycles. The van der Waals surface area contributed by atoms with Crippen molar-refractivity contribution in [3.05, 3.63) is 0 Å². The average Bonchev–Trinajstić information content (AvgIpc) is 2.41. The zero-order valence-electron chi connectivity index (χ0n) is 7.92. The molecule has 1 atom stereocenters. The quantitative estimate of drug-likeness (QED) is 0.484. The molecule has 66 valence electrons. The van der Waals surface area contributed by atoms with Crippen LogP contribution >= 0.6 is 0 Å². The van der Waals surface area contributed by atoms with Crippen LogP contribution in [0.15, 0.2) is 0 Å². The summed E-state index contributed by atoms with van der Waals surface area (Å²) in [5, 5.41) is 0. The second kappa shape index (κ2) is 3.04. The van der Waals surface area contributed by atoms with Gasteiger partial charge in [0, 0.05) is 12.1 Å². The molecule has 2 nitrogen and oxygen atoms in total. The summed E-state index contributed by atoms with van der Waals surface area (Å²) < 4.78 is 0. The van der Waals surface area contributed by atoms with E-state index in [4.69, 9.17) is 7.98 Å². The van der Waals surface area contributed by atoms with E-state index in [-0.39, 0.29) is 0 Å². The molecule has 0 aromatic rings. The van der Waals surface area contributed by atoms with Gasteiger partial charge < -0.3 is 4.81 Å². The van der Waals surface area contributed by atoms with Gasteiger partial charge in [-0.2, -0.15) is 0 Å². The molecule has 2 aliphatic rings. The van der Waals surface area contributed by atoms with Gasteiger partial charge in [-0.1, -0.05) is 6.42 Å². The van der Waals surface area contributed by atoms with E-state index in [0.29, 0.717) is 5.54 Å². The second-order valence-electron chi connectivity index (χ2n) is 4.32. The van der Waals surface area contributed by atoms with Crippen LogP contribution in [0.25, 0.3) is 0 Å². The molecule has 2 heterocycles. The van der Waals surface area contributed by atoms with E-state index in [1.165, 1.54) is 32.2 Å². The standard InChI is InChI=1S/C9H17BN2/c1-11-6-3-2-4-9(11)5-7-12(10)8-9/h2-8H2,1H3. The lowest BCUT2D eigenvalue weighted by atomic mass is 9.86. The smallest absolute Gasteiger partial charge is 0.182 e. The Kier molecular flexibility index (Phi) is 2.17. The lowest BCUT2D eigenvalue weighted by molar-refractivity contribution is 0.0863. The van der Waals surface area contributed by atoms with Gasteiger partial charge >= 0.3 is 0 Å². The number of rotatable bonds is 0. The molecule has 1 spiro atoms. The minimum absolute atomic E-state index is 0.437. The molecule has 2 aliphatic heterocycles. The molecule has 0 bridgehead atoms. The van der Waals surface area contributed by atoms with Crippen molar-refractivity contribution in [1.82, 2.24) is 9.71 Å². The summed E-state index contributed by atoms with van der Waals surface area (Å²) in [6, 6.07) is 0. The minimum atomic E-state index is 0.437. The van der Waals surface area contributed by atoms with E-state index in [1.807, 2.05) is 4.81 Å². The van der Waals surface area contributed by atoms with Crippen LogP contribution in [0.1, 0.15) is 25.7 Å². The normalized spacial score (nSPS) is 39.4. The van der Waals surface area contributed by atoms with Crippen molar-refractivity contribution in [1.29, 1.82) is 0 Å². The fraction of sp³-hybridized carbons (Fsp3) is 1.00. The highest BCUT2D eigenvalue weighted by Gasteiger charge is 2.40. The summed E-state index contributed by atoms with van der Waals surface area (Å²) in [5.74, 6) is 0. The SMILES string of the molecule is [B]N1CCC2(CCCCN2C)C1. The lowest BCUT2D eigenvalue weighted by Crippen LogP contribution is -2.51. The van der Waals surface area contributed by atoms with Crippen LogP contribution in [0.4, 0.5) is 0 Å². The van der Waals surface area contributed by atoms with Crippen LogP contribution in [0.5, 0.6) is 0 Å². The molecule has 3 heteroatoms. The molecule has 2 radical (unpaired) electrons. The molecule has 2 rings (SSSR count). The summed E-state index contributed by atoms with van der Waals surface area (Å²) in [7, 11) is 8.06. The van der Waals surface area contributed by atoms with E-state index in [0.717, 1.165) is 13.1 Å². The Labute approximate surface area is 76.3 Å². The maximum atomic E-state index is 5.81. The highest BCUT2D eigenvalue weighted by Crippen LogP contribution is 2.34. The van der Waals surface area contributed by atoms with Crippen LogP contribution in [0, 0.1) is 0 Å². The van der Waals surface area contributed by atoms with Crippen molar-refractivity contribution < 1.29 is 0 Å². The van der Waals surface area contributed by atoms with Gasteiger partial charge in [-0.25, -0.2) is 0 Å². The number of likely N-dealkylation sites (tertiary alicyclic amines) is 1. The Morgan fingerprint density at radius 3 is 2.58 bits per heavy atom. The molecular formula is C9H17BN2. The average molecular weight is 164 g/mol. The van der Waals surface area contributed by atoms with Gasteiger partial charge in [0.2, 0.25) is 0 Å². The highest BCUT2D eigenvalue weighted by atomic mass is 15.3. The van der Waals surface area contributed by atoms with Crippen molar-refractivity contribution >= 4 is 7.98 Å². The van der Waals surface area contributed by atoms with E-state index >= 15 is 0 Å². The summed E-state index contributed by atoms with van der Waals surface area (Å²) >= 11 is 0. The molecule has 12 heavy (non-hydrogen) atoms. The molecular weight excluding hydrogens is 147 g/mol. The van der Waals surface area contributed by atoms with E-state index in [2.05, 4.69) is 11.9 Å². The fourth-order valence-corrected chi connectivity index (χ4v) is 2.63. The number of likely N-dealkylation sites (N-methyl/N-ethyl adjacent to an activating group) is 1. The predicted octanol–water partition coefficient (Wildman–Crippen LogP) is 0.630. The first-order valence-corrected chi connectivity index (χ1v) is 4.94. The molecule has 0 N–H and O–H groups in total. The molecule has 0 saturated carbocycles.